The largest absolute Gasteiger partial charge is 0.507 e. The fraction of sp³-hybridized carbons (Fsp3) is 0.0625. The van der Waals surface area contributed by atoms with Crippen LogP contribution in [0.4, 0.5) is 5.69 Å². The number of rotatable bonds is 5. The van der Waals surface area contributed by atoms with Crippen LogP contribution in [0.3, 0.4) is 0 Å². The first kappa shape index (κ1) is 16.5. The van der Waals surface area contributed by atoms with Crippen molar-refractivity contribution in [3.05, 3.63) is 59.1 Å². The smallest absolute Gasteiger partial charge is 0.249 e. The molecule has 0 aliphatic carbocycles. The van der Waals surface area contributed by atoms with E-state index in [0.717, 1.165) is 0 Å². The fourth-order valence-electron chi connectivity index (χ4n) is 1.71. The van der Waals surface area contributed by atoms with Crippen LogP contribution in [0.5, 0.6) is 5.75 Å². The van der Waals surface area contributed by atoms with Crippen LogP contribution < -0.4 is 10.7 Å². The maximum Gasteiger partial charge on any atom is 0.249 e. The van der Waals surface area contributed by atoms with Gasteiger partial charge in [0, 0.05) is 16.3 Å². The molecular formula is C16H14ClN3O3. The Morgan fingerprint density at radius 1 is 1.13 bits per heavy atom. The van der Waals surface area contributed by atoms with Crippen LogP contribution in [-0.2, 0) is 9.59 Å². The number of halogens is 1. The molecule has 7 heteroatoms. The summed E-state index contributed by atoms with van der Waals surface area (Å²) in [7, 11) is 0. The summed E-state index contributed by atoms with van der Waals surface area (Å²) >= 11 is 5.79. The highest BCUT2D eigenvalue weighted by atomic mass is 35.5. The standard InChI is InChI=1S/C16H14ClN3O3/c17-12-6-7-14(21)11(8-12)10-18-20-16(23)9-15(22)19-13-4-2-1-3-5-13/h1-8,10,21H,9H2,(H,19,22)(H,20,23)/b18-10+. The van der Waals surface area contributed by atoms with Crippen LogP contribution in [-0.4, -0.2) is 23.1 Å². The summed E-state index contributed by atoms with van der Waals surface area (Å²) in [5, 5.41) is 16.3. The molecule has 0 saturated carbocycles. The molecule has 0 unspecified atom stereocenters. The highest BCUT2D eigenvalue weighted by Crippen LogP contribution is 2.19. The van der Waals surface area contributed by atoms with Gasteiger partial charge in [0.25, 0.3) is 0 Å². The lowest BCUT2D eigenvalue weighted by molar-refractivity contribution is -0.126. The van der Waals surface area contributed by atoms with Gasteiger partial charge < -0.3 is 10.4 Å². The Morgan fingerprint density at radius 3 is 2.61 bits per heavy atom. The molecule has 0 aliphatic heterocycles. The molecule has 2 amide bonds. The predicted molar refractivity (Wildman–Crippen MR) is 88.5 cm³/mol. The van der Waals surface area contributed by atoms with E-state index in [-0.39, 0.29) is 12.2 Å². The van der Waals surface area contributed by atoms with Crippen molar-refractivity contribution in [3.8, 4) is 5.75 Å². The summed E-state index contributed by atoms with van der Waals surface area (Å²) in [6.07, 6.45) is 0.877. The molecule has 0 bridgehead atoms. The fourth-order valence-corrected chi connectivity index (χ4v) is 1.90. The van der Waals surface area contributed by atoms with Gasteiger partial charge in [0.2, 0.25) is 11.8 Å². The topological polar surface area (TPSA) is 90.8 Å². The van der Waals surface area contributed by atoms with Crippen LogP contribution in [0.2, 0.25) is 5.02 Å². The second-order valence-electron chi connectivity index (χ2n) is 4.59. The number of para-hydroxylation sites is 1. The van der Waals surface area contributed by atoms with Crippen molar-refractivity contribution in [1.82, 2.24) is 5.43 Å². The lowest BCUT2D eigenvalue weighted by Crippen LogP contribution is -2.24. The van der Waals surface area contributed by atoms with Gasteiger partial charge in [-0.25, -0.2) is 5.43 Å². The minimum atomic E-state index is -0.573. The second kappa shape index (κ2) is 7.95. The van der Waals surface area contributed by atoms with Crippen molar-refractivity contribution in [2.45, 2.75) is 6.42 Å². The average molecular weight is 332 g/mol. The van der Waals surface area contributed by atoms with Gasteiger partial charge >= 0.3 is 0 Å². The summed E-state index contributed by atoms with van der Waals surface area (Å²) < 4.78 is 0. The summed E-state index contributed by atoms with van der Waals surface area (Å²) in [6.45, 7) is 0. The maximum atomic E-state index is 11.7. The number of benzene rings is 2. The summed E-state index contributed by atoms with van der Waals surface area (Å²) in [4.78, 5) is 23.3. The molecule has 0 aromatic heterocycles. The molecule has 0 fully saturated rings. The van der Waals surface area contributed by atoms with Crippen LogP contribution in [0.15, 0.2) is 53.6 Å². The Bertz CT molecular complexity index is 733. The SMILES string of the molecule is O=C(CC(=O)Nc1ccccc1)N/N=C/c1cc(Cl)ccc1O. The predicted octanol–water partition coefficient (Wildman–Crippen LogP) is 2.52. The average Bonchev–Trinajstić information content (AvgIpc) is 2.51. The first-order valence-electron chi connectivity index (χ1n) is 6.70. The summed E-state index contributed by atoms with van der Waals surface area (Å²) in [5.74, 6) is -1.04. The number of nitrogens with zero attached hydrogens (tertiary/aromatic N) is 1. The lowest BCUT2D eigenvalue weighted by Gasteiger charge is -2.04. The van der Waals surface area contributed by atoms with E-state index in [4.69, 9.17) is 11.6 Å². The molecule has 23 heavy (non-hydrogen) atoms. The third-order valence-electron chi connectivity index (χ3n) is 2.76. The number of hydrogen-bond acceptors (Lipinski definition) is 4. The van der Waals surface area contributed by atoms with Gasteiger partial charge in [-0.3, -0.25) is 9.59 Å². The molecule has 0 atom stereocenters. The zero-order valence-electron chi connectivity index (χ0n) is 12.0. The number of phenols is 1. The van der Waals surface area contributed by atoms with Crippen molar-refractivity contribution < 1.29 is 14.7 Å². The number of hydrazone groups is 1. The molecule has 118 valence electrons. The van der Waals surface area contributed by atoms with Gasteiger partial charge in [-0.15, -0.1) is 0 Å². The van der Waals surface area contributed by atoms with E-state index in [1.54, 1.807) is 24.3 Å². The van der Waals surface area contributed by atoms with Crippen molar-refractivity contribution >= 4 is 35.3 Å². The first-order valence-corrected chi connectivity index (χ1v) is 7.08. The number of carbonyl (C=O) groups is 2. The lowest BCUT2D eigenvalue weighted by atomic mass is 10.2. The molecule has 0 radical (unpaired) electrons. The van der Waals surface area contributed by atoms with E-state index >= 15 is 0 Å². The Morgan fingerprint density at radius 2 is 1.87 bits per heavy atom. The monoisotopic (exact) mass is 331 g/mol. The van der Waals surface area contributed by atoms with Crippen LogP contribution >= 0.6 is 11.6 Å². The highest BCUT2D eigenvalue weighted by molar-refractivity contribution is 6.30. The maximum absolute atomic E-state index is 11.7. The van der Waals surface area contributed by atoms with Crippen LogP contribution in [0.25, 0.3) is 0 Å². The number of aromatic hydroxyl groups is 1. The first-order chi connectivity index (χ1) is 11.0. The highest BCUT2D eigenvalue weighted by Gasteiger charge is 2.08. The van der Waals surface area contributed by atoms with Crippen molar-refractivity contribution in [2.75, 3.05) is 5.32 Å². The minimum absolute atomic E-state index is 0.0192. The number of amides is 2. The summed E-state index contributed by atoms with van der Waals surface area (Å²) in [6, 6.07) is 13.2. The Balaban J connectivity index is 1.84. The number of carbonyl (C=O) groups excluding carboxylic acids is 2. The van der Waals surface area contributed by atoms with Gasteiger partial charge in [0.1, 0.15) is 12.2 Å². The van der Waals surface area contributed by atoms with Crippen molar-refractivity contribution in [1.29, 1.82) is 0 Å². The molecular weight excluding hydrogens is 318 g/mol. The zero-order chi connectivity index (χ0) is 16.7. The van der Waals surface area contributed by atoms with Crippen LogP contribution in [0.1, 0.15) is 12.0 Å². The van der Waals surface area contributed by atoms with E-state index in [0.29, 0.717) is 16.3 Å². The van der Waals surface area contributed by atoms with Gasteiger partial charge in [-0.1, -0.05) is 29.8 Å². The number of anilines is 1. The van der Waals surface area contributed by atoms with E-state index in [1.807, 2.05) is 6.07 Å². The molecule has 0 heterocycles. The Hall–Kier alpha value is -2.86. The Labute approximate surface area is 137 Å². The number of hydrogen-bond donors (Lipinski definition) is 3. The molecule has 0 spiro atoms. The van der Waals surface area contributed by atoms with Crippen molar-refractivity contribution in [2.24, 2.45) is 5.10 Å². The van der Waals surface area contributed by atoms with E-state index < -0.39 is 11.8 Å². The molecule has 0 saturated heterocycles. The van der Waals surface area contributed by atoms with E-state index in [2.05, 4.69) is 15.8 Å². The molecule has 0 aliphatic rings. The second-order valence-corrected chi connectivity index (χ2v) is 5.02. The molecule has 6 nitrogen and oxygen atoms in total. The molecule has 2 rings (SSSR count). The van der Waals surface area contributed by atoms with Gasteiger partial charge in [0.05, 0.1) is 6.21 Å². The van der Waals surface area contributed by atoms with Crippen molar-refractivity contribution in [3.63, 3.8) is 0 Å². The van der Waals surface area contributed by atoms with E-state index in [1.165, 1.54) is 24.4 Å². The summed E-state index contributed by atoms with van der Waals surface area (Å²) in [5.41, 5.74) is 3.17. The molecule has 2 aromatic carbocycles. The number of phenolic OH excluding ortho intramolecular Hbond substituents is 1. The van der Waals surface area contributed by atoms with Gasteiger partial charge in [0.15, 0.2) is 0 Å². The third kappa shape index (κ3) is 5.44. The van der Waals surface area contributed by atoms with Gasteiger partial charge in [-0.2, -0.15) is 5.10 Å². The zero-order valence-corrected chi connectivity index (χ0v) is 12.7. The number of nitrogens with one attached hydrogen (secondary N) is 2. The quantitative estimate of drug-likeness (QED) is 0.446. The Kier molecular flexibility index (Phi) is 5.71. The van der Waals surface area contributed by atoms with Crippen LogP contribution in [0, 0.1) is 0 Å². The van der Waals surface area contributed by atoms with E-state index in [9.17, 15) is 14.7 Å². The molecule has 3 N–H and O–H groups in total. The molecule has 2 aromatic rings. The minimum Gasteiger partial charge on any atom is -0.507 e. The van der Waals surface area contributed by atoms with Gasteiger partial charge in [-0.05, 0) is 30.3 Å². The normalized spacial score (nSPS) is 10.5. The third-order valence-corrected chi connectivity index (χ3v) is 3.00.